The number of carbonyl (C=O) groups is 2. The monoisotopic (exact) mass is 504 g/mol. The van der Waals surface area contributed by atoms with E-state index in [-0.39, 0.29) is 17.4 Å². The van der Waals surface area contributed by atoms with Crippen molar-refractivity contribution < 1.29 is 24.2 Å². The van der Waals surface area contributed by atoms with Gasteiger partial charge in [-0.2, -0.15) is 0 Å². The Morgan fingerprint density at radius 1 is 0.972 bits per heavy atom. The Labute approximate surface area is 212 Å². The summed E-state index contributed by atoms with van der Waals surface area (Å²) in [5.74, 6) is 0.866. The minimum absolute atomic E-state index is 0.0868. The van der Waals surface area contributed by atoms with Gasteiger partial charge in [-0.25, -0.2) is 4.79 Å². The van der Waals surface area contributed by atoms with Crippen LogP contribution in [-0.4, -0.2) is 51.2 Å². The number of rotatable bonds is 9. The third-order valence-corrected chi connectivity index (χ3v) is 6.03. The van der Waals surface area contributed by atoms with Crippen molar-refractivity contribution in [2.45, 2.75) is 12.1 Å². The van der Waals surface area contributed by atoms with E-state index in [9.17, 15) is 14.7 Å². The number of methoxy groups -OCH3 is 1. The first-order valence-corrected chi connectivity index (χ1v) is 12.1. The van der Waals surface area contributed by atoms with Gasteiger partial charge in [-0.15, -0.1) is 10.2 Å². The van der Waals surface area contributed by atoms with Crippen LogP contribution in [-0.2, 0) is 9.53 Å². The van der Waals surface area contributed by atoms with Crippen molar-refractivity contribution in [3.8, 4) is 28.6 Å². The number of aromatic hydroxyl groups is 1. The molecule has 184 valence electrons. The summed E-state index contributed by atoms with van der Waals surface area (Å²) >= 11 is 1.24. The fourth-order valence-corrected chi connectivity index (χ4v) is 4.11. The van der Waals surface area contributed by atoms with E-state index in [0.717, 1.165) is 11.3 Å². The molecule has 4 rings (SSSR count). The number of amides is 1. The van der Waals surface area contributed by atoms with Crippen LogP contribution in [0.4, 0.5) is 5.69 Å². The SMILES string of the molecule is CCOC(=O)c1ccc(NC(=O)CSc2nnc(-c3ccc(O)cc3)n2-c2ccc(OC)cc2)cc1. The number of hydrogen-bond donors (Lipinski definition) is 2. The summed E-state index contributed by atoms with van der Waals surface area (Å²) in [7, 11) is 1.60. The van der Waals surface area contributed by atoms with Crippen LogP contribution in [0.5, 0.6) is 11.5 Å². The third-order valence-electron chi connectivity index (χ3n) is 5.10. The molecule has 1 aromatic heterocycles. The zero-order chi connectivity index (χ0) is 25.5. The van der Waals surface area contributed by atoms with E-state index in [1.54, 1.807) is 62.6 Å². The van der Waals surface area contributed by atoms with Crippen molar-refractivity contribution in [1.29, 1.82) is 0 Å². The molecule has 9 nitrogen and oxygen atoms in total. The second-order valence-corrected chi connectivity index (χ2v) is 8.46. The van der Waals surface area contributed by atoms with Gasteiger partial charge in [-0.1, -0.05) is 11.8 Å². The standard InChI is InChI=1S/C26H24N4O5S/c1-3-35-25(33)18-4-8-19(9-5-18)27-23(32)16-36-26-29-28-24(17-6-12-21(31)13-7-17)30(26)20-10-14-22(34-2)15-11-20/h4-15,31H,3,16H2,1-2H3,(H,27,32). The van der Waals surface area contributed by atoms with Crippen molar-refractivity contribution in [3.05, 3.63) is 78.4 Å². The minimum atomic E-state index is -0.409. The number of phenolic OH excluding ortho intramolecular Hbond substituents is 1. The van der Waals surface area contributed by atoms with Gasteiger partial charge in [0, 0.05) is 16.9 Å². The highest BCUT2D eigenvalue weighted by Gasteiger charge is 2.18. The highest BCUT2D eigenvalue weighted by Crippen LogP contribution is 2.29. The summed E-state index contributed by atoms with van der Waals surface area (Å²) in [6.45, 7) is 2.04. The largest absolute Gasteiger partial charge is 0.508 e. The Hall–Kier alpha value is -4.31. The highest BCUT2D eigenvalue weighted by molar-refractivity contribution is 7.99. The number of aromatic nitrogens is 3. The molecule has 0 aliphatic carbocycles. The maximum atomic E-state index is 12.6. The van der Waals surface area contributed by atoms with Gasteiger partial charge in [0.05, 0.1) is 25.0 Å². The molecule has 0 fully saturated rings. The molecule has 0 aliphatic rings. The fourth-order valence-electron chi connectivity index (χ4n) is 3.36. The van der Waals surface area contributed by atoms with Crippen molar-refractivity contribution in [2.24, 2.45) is 0 Å². The molecule has 1 heterocycles. The van der Waals surface area contributed by atoms with Gasteiger partial charge in [-0.05, 0) is 79.7 Å². The molecule has 0 aliphatic heterocycles. The molecular formula is C26H24N4O5S. The summed E-state index contributed by atoms with van der Waals surface area (Å²) < 4.78 is 12.1. The Morgan fingerprint density at radius 3 is 2.31 bits per heavy atom. The van der Waals surface area contributed by atoms with Crippen LogP contribution in [0.3, 0.4) is 0 Å². The summed E-state index contributed by atoms with van der Waals surface area (Å²) in [5, 5.41) is 21.7. The van der Waals surface area contributed by atoms with E-state index in [1.165, 1.54) is 11.8 Å². The predicted molar refractivity (Wildman–Crippen MR) is 137 cm³/mol. The lowest BCUT2D eigenvalue weighted by molar-refractivity contribution is -0.113. The van der Waals surface area contributed by atoms with Crippen molar-refractivity contribution >= 4 is 29.3 Å². The maximum Gasteiger partial charge on any atom is 0.338 e. The van der Waals surface area contributed by atoms with Crippen molar-refractivity contribution in [1.82, 2.24) is 14.8 Å². The lowest BCUT2D eigenvalue weighted by Crippen LogP contribution is -2.15. The zero-order valence-corrected chi connectivity index (χ0v) is 20.5. The van der Waals surface area contributed by atoms with E-state index < -0.39 is 5.97 Å². The van der Waals surface area contributed by atoms with Crippen LogP contribution in [0, 0.1) is 0 Å². The Balaban J connectivity index is 1.51. The molecule has 3 aromatic carbocycles. The van der Waals surface area contributed by atoms with E-state index >= 15 is 0 Å². The van der Waals surface area contributed by atoms with Gasteiger partial charge in [0.15, 0.2) is 11.0 Å². The number of carbonyl (C=O) groups excluding carboxylic acids is 2. The number of hydrogen-bond acceptors (Lipinski definition) is 8. The first kappa shape index (κ1) is 24.8. The molecule has 0 saturated carbocycles. The van der Waals surface area contributed by atoms with Crippen molar-refractivity contribution in [3.63, 3.8) is 0 Å². The Morgan fingerprint density at radius 2 is 1.67 bits per heavy atom. The molecule has 0 saturated heterocycles. The number of ether oxygens (including phenoxy) is 2. The molecule has 0 atom stereocenters. The lowest BCUT2D eigenvalue weighted by Gasteiger charge is -2.11. The number of nitrogens with one attached hydrogen (secondary N) is 1. The van der Waals surface area contributed by atoms with Crippen LogP contribution >= 0.6 is 11.8 Å². The number of benzene rings is 3. The van der Waals surface area contributed by atoms with Gasteiger partial charge in [0.1, 0.15) is 11.5 Å². The third kappa shape index (κ3) is 5.84. The van der Waals surface area contributed by atoms with Crippen LogP contribution in [0.15, 0.2) is 78.0 Å². The molecule has 0 spiro atoms. The number of thioether (sulfide) groups is 1. The van der Waals surface area contributed by atoms with Crippen LogP contribution < -0.4 is 10.1 Å². The minimum Gasteiger partial charge on any atom is -0.508 e. The molecule has 0 radical (unpaired) electrons. The molecule has 36 heavy (non-hydrogen) atoms. The van der Waals surface area contributed by atoms with Crippen LogP contribution in [0.2, 0.25) is 0 Å². The number of anilines is 1. The first-order chi connectivity index (χ1) is 17.5. The van der Waals surface area contributed by atoms with E-state index in [0.29, 0.717) is 34.6 Å². The van der Waals surface area contributed by atoms with E-state index in [2.05, 4.69) is 15.5 Å². The molecule has 0 bridgehead atoms. The summed E-state index contributed by atoms with van der Waals surface area (Å²) in [5.41, 5.74) is 2.53. The molecule has 2 N–H and O–H groups in total. The lowest BCUT2D eigenvalue weighted by atomic mass is 10.2. The molecule has 10 heteroatoms. The van der Waals surface area contributed by atoms with Gasteiger partial charge in [0.2, 0.25) is 5.91 Å². The van der Waals surface area contributed by atoms with Gasteiger partial charge in [0.25, 0.3) is 0 Å². The quantitative estimate of drug-likeness (QED) is 0.252. The Bertz CT molecular complexity index is 1340. The number of esters is 1. The molecule has 1 amide bonds. The molecule has 4 aromatic rings. The molecule has 0 unspecified atom stereocenters. The maximum absolute atomic E-state index is 12.6. The zero-order valence-electron chi connectivity index (χ0n) is 19.7. The number of nitrogens with zero attached hydrogens (tertiary/aromatic N) is 3. The Kier molecular flexibility index (Phi) is 7.86. The first-order valence-electron chi connectivity index (χ1n) is 11.1. The highest BCUT2D eigenvalue weighted by atomic mass is 32.2. The van der Waals surface area contributed by atoms with Gasteiger partial charge in [-0.3, -0.25) is 9.36 Å². The summed E-state index contributed by atoms with van der Waals surface area (Å²) in [6, 6.07) is 20.6. The summed E-state index contributed by atoms with van der Waals surface area (Å²) in [4.78, 5) is 24.4. The topological polar surface area (TPSA) is 116 Å². The average molecular weight is 505 g/mol. The van der Waals surface area contributed by atoms with Crippen LogP contribution in [0.25, 0.3) is 17.1 Å². The van der Waals surface area contributed by atoms with E-state index in [1.807, 2.05) is 28.8 Å². The predicted octanol–water partition coefficient (Wildman–Crippen LogP) is 4.56. The normalized spacial score (nSPS) is 10.6. The van der Waals surface area contributed by atoms with Gasteiger partial charge >= 0.3 is 5.97 Å². The fraction of sp³-hybridized carbons (Fsp3) is 0.154. The second kappa shape index (κ2) is 11.4. The van der Waals surface area contributed by atoms with Crippen molar-refractivity contribution in [2.75, 3.05) is 24.8 Å². The second-order valence-electron chi connectivity index (χ2n) is 7.52. The number of phenols is 1. The van der Waals surface area contributed by atoms with Gasteiger partial charge < -0.3 is 19.9 Å². The van der Waals surface area contributed by atoms with Crippen LogP contribution in [0.1, 0.15) is 17.3 Å². The average Bonchev–Trinajstić information content (AvgIpc) is 3.32. The smallest absolute Gasteiger partial charge is 0.338 e. The molecular weight excluding hydrogens is 480 g/mol. The van der Waals surface area contributed by atoms with E-state index in [4.69, 9.17) is 9.47 Å². The summed E-state index contributed by atoms with van der Waals surface area (Å²) in [6.07, 6.45) is 0.